The lowest BCUT2D eigenvalue weighted by atomic mass is 10.2. The van der Waals surface area contributed by atoms with Gasteiger partial charge in [-0.2, -0.15) is 0 Å². The average molecular weight is 408 g/mol. The van der Waals surface area contributed by atoms with Crippen LogP contribution < -0.4 is 5.32 Å². The monoisotopic (exact) mass is 407 g/mol. The predicted molar refractivity (Wildman–Crippen MR) is 108 cm³/mol. The number of rotatable bonds is 8. The fourth-order valence-electron chi connectivity index (χ4n) is 2.89. The van der Waals surface area contributed by atoms with Gasteiger partial charge in [-0.1, -0.05) is 12.1 Å². The molecule has 0 spiro atoms. The van der Waals surface area contributed by atoms with Gasteiger partial charge in [-0.3, -0.25) is 9.69 Å². The van der Waals surface area contributed by atoms with E-state index in [1.165, 1.54) is 29.3 Å². The molecule has 1 fully saturated rings. The number of nitrogens with one attached hydrogen (secondary N) is 1. The van der Waals surface area contributed by atoms with Gasteiger partial charge in [0.25, 0.3) is 0 Å². The molecule has 1 heterocycles. The molecule has 1 aromatic carbocycles. The summed E-state index contributed by atoms with van der Waals surface area (Å²) in [6.07, 6.45) is 2.24. The molecule has 1 aliphatic carbocycles. The number of hydrogen-bond acceptors (Lipinski definition) is 5. The summed E-state index contributed by atoms with van der Waals surface area (Å²) in [5, 5.41) is 4.89. The number of benzene rings is 1. The molecule has 0 saturated heterocycles. The highest BCUT2D eigenvalue weighted by Gasteiger charge is 2.30. The Kier molecular flexibility index (Phi) is 6.00. The number of thiophene rings is 1. The van der Waals surface area contributed by atoms with Crippen molar-refractivity contribution in [2.75, 3.05) is 26.0 Å². The highest BCUT2D eigenvalue weighted by Crippen LogP contribution is 2.29. The lowest BCUT2D eigenvalue weighted by molar-refractivity contribution is -0.117. The molecular formula is C19H25N3O3S2. The number of carbonyl (C=O) groups is 1. The van der Waals surface area contributed by atoms with E-state index in [0.29, 0.717) is 23.8 Å². The molecule has 1 aliphatic rings. The summed E-state index contributed by atoms with van der Waals surface area (Å²) in [5.41, 5.74) is 1.15. The molecule has 3 rings (SSSR count). The van der Waals surface area contributed by atoms with Crippen molar-refractivity contribution < 1.29 is 13.2 Å². The Bertz CT molecular complexity index is 904. The maximum absolute atomic E-state index is 12.6. The van der Waals surface area contributed by atoms with E-state index in [0.717, 1.165) is 19.4 Å². The maximum atomic E-state index is 12.6. The Morgan fingerprint density at radius 2 is 2.00 bits per heavy atom. The van der Waals surface area contributed by atoms with E-state index in [4.69, 9.17) is 0 Å². The van der Waals surface area contributed by atoms with Crippen molar-refractivity contribution in [1.29, 1.82) is 0 Å². The predicted octanol–water partition coefficient (Wildman–Crippen LogP) is 2.91. The van der Waals surface area contributed by atoms with Crippen molar-refractivity contribution in [3.63, 3.8) is 0 Å². The van der Waals surface area contributed by atoms with Gasteiger partial charge >= 0.3 is 0 Å². The summed E-state index contributed by atoms with van der Waals surface area (Å²) in [7, 11) is -0.557. The van der Waals surface area contributed by atoms with E-state index in [1.54, 1.807) is 30.4 Å². The smallest absolute Gasteiger partial charge is 0.242 e. The Morgan fingerprint density at radius 1 is 1.26 bits per heavy atom. The van der Waals surface area contributed by atoms with Gasteiger partial charge in [0.15, 0.2) is 0 Å². The summed E-state index contributed by atoms with van der Waals surface area (Å²) in [6, 6.07) is 9.54. The van der Waals surface area contributed by atoms with Gasteiger partial charge in [0.2, 0.25) is 15.9 Å². The van der Waals surface area contributed by atoms with Crippen molar-refractivity contribution in [2.45, 2.75) is 37.2 Å². The van der Waals surface area contributed by atoms with Crippen LogP contribution in [0.3, 0.4) is 0 Å². The molecule has 0 atom stereocenters. The highest BCUT2D eigenvalue weighted by atomic mass is 32.2. The third-order valence-electron chi connectivity index (χ3n) is 4.58. The Labute approximate surface area is 164 Å². The van der Waals surface area contributed by atoms with Crippen LogP contribution in [-0.4, -0.2) is 50.2 Å². The van der Waals surface area contributed by atoms with Crippen LogP contribution in [0.15, 0.2) is 40.6 Å². The number of amides is 1. The summed E-state index contributed by atoms with van der Waals surface area (Å²) in [4.78, 5) is 16.2. The number of anilines is 1. The van der Waals surface area contributed by atoms with E-state index in [2.05, 4.69) is 16.3 Å². The summed E-state index contributed by atoms with van der Waals surface area (Å²) in [6.45, 7) is 2.81. The molecule has 0 aliphatic heterocycles. The van der Waals surface area contributed by atoms with Crippen molar-refractivity contribution >= 4 is 33.0 Å². The molecule has 8 heteroatoms. The first kappa shape index (κ1) is 20.0. The van der Waals surface area contributed by atoms with E-state index in [-0.39, 0.29) is 10.8 Å². The number of sulfonamides is 1. The van der Waals surface area contributed by atoms with Crippen LogP contribution in [0.2, 0.25) is 0 Å². The molecule has 1 amide bonds. The van der Waals surface area contributed by atoms with Crippen LogP contribution in [0.1, 0.15) is 23.3 Å². The summed E-state index contributed by atoms with van der Waals surface area (Å²) >= 11 is 1.69. The number of nitrogens with zero attached hydrogens (tertiary/aromatic N) is 2. The van der Waals surface area contributed by atoms with Crippen LogP contribution in [0.5, 0.6) is 0 Å². The summed E-state index contributed by atoms with van der Waals surface area (Å²) in [5.74, 6) is -0.129. The third kappa shape index (κ3) is 4.95. The molecule has 1 N–H and O–H groups in total. The van der Waals surface area contributed by atoms with Crippen LogP contribution in [0, 0.1) is 6.92 Å². The molecule has 1 aromatic heterocycles. The minimum Gasteiger partial charge on any atom is -0.325 e. The molecule has 0 unspecified atom stereocenters. The van der Waals surface area contributed by atoms with Crippen molar-refractivity contribution in [1.82, 2.24) is 9.21 Å². The normalized spacial score (nSPS) is 14.7. The zero-order valence-electron chi connectivity index (χ0n) is 15.8. The first-order valence-electron chi connectivity index (χ1n) is 8.87. The summed E-state index contributed by atoms with van der Waals surface area (Å²) < 4.78 is 26.1. The van der Waals surface area contributed by atoms with Gasteiger partial charge in [-0.15, -0.1) is 11.3 Å². The molecule has 27 heavy (non-hydrogen) atoms. The fraction of sp³-hybridized carbons (Fsp3) is 0.421. The van der Waals surface area contributed by atoms with Crippen LogP contribution in [-0.2, 0) is 21.4 Å². The Morgan fingerprint density at radius 3 is 2.59 bits per heavy atom. The third-order valence-corrected chi connectivity index (χ3v) is 7.40. The van der Waals surface area contributed by atoms with Crippen molar-refractivity contribution in [2.24, 2.45) is 0 Å². The topological polar surface area (TPSA) is 69.7 Å². The lowest BCUT2D eigenvalue weighted by Gasteiger charge is -2.21. The van der Waals surface area contributed by atoms with E-state index in [1.807, 2.05) is 11.4 Å². The first-order valence-corrected chi connectivity index (χ1v) is 11.2. The zero-order valence-corrected chi connectivity index (χ0v) is 17.4. The molecule has 146 valence electrons. The SMILES string of the molecule is Cc1ccc(NC(=O)CN(Cc2cccs2)C2CC2)cc1S(=O)(=O)N(C)C. The second kappa shape index (κ2) is 8.10. The minimum atomic E-state index is -3.55. The lowest BCUT2D eigenvalue weighted by Crippen LogP contribution is -2.34. The van der Waals surface area contributed by atoms with Gasteiger partial charge in [0.05, 0.1) is 11.4 Å². The molecule has 0 bridgehead atoms. The van der Waals surface area contributed by atoms with Crippen molar-refractivity contribution in [3.05, 3.63) is 46.2 Å². The maximum Gasteiger partial charge on any atom is 0.242 e. The van der Waals surface area contributed by atoms with Gasteiger partial charge in [0.1, 0.15) is 0 Å². The Hall–Kier alpha value is -1.74. The number of hydrogen-bond donors (Lipinski definition) is 1. The van der Waals surface area contributed by atoms with Crippen LogP contribution in [0.4, 0.5) is 5.69 Å². The van der Waals surface area contributed by atoms with Crippen molar-refractivity contribution in [3.8, 4) is 0 Å². The zero-order chi connectivity index (χ0) is 19.6. The second-order valence-electron chi connectivity index (χ2n) is 7.03. The van der Waals surface area contributed by atoms with Gasteiger partial charge < -0.3 is 5.32 Å². The van der Waals surface area contributed by atoms with E-state index < -0.39 is 10.0 Å². The molecule has 1 saturated carbocycles. The van der Waals surface area contributed by atoms with E-state index >= 15 is 0 Å². The van der Waals surface area contributed by atoms with Crippen LogP contribution >= 0.6 is 11.3 Å². The fourth-order valence-corrected chi connectivity index (χ4v) is 4.77. The first-order chi connectivity index (χ1) is 12.8. The van der Waals surface area contributed by atoms with E-state index in [9.17, 15) is 13.2 Å². The standard InChI is InChI=1S/C19H25N3O3S2/c1-14-6-7-15(11-18(14)27(24,25)21(2)3)20-19(23)13-22(16-8-9-16)12-17-5-4-10-26-17/h4-7,10-11,16H,8-9,12-13H2,1-3H3,(H,20,23). The Balaban J connectivity index is 1.70. The molecule has 2 aromatic rings. The second-order valence-corrected chi connectivity index (χ2v) is 10.2. The minimum absolute atomic E-state index is 0.129. The largest absolute Gasteiger partial charge is 0.325 e. The van der Waals surface area contributed by atoms with Crippen LogP contribution in [0.25, 0.3) is 0 Å². The number of aryl methyl sites for hydroxylation is 1. The highest BCUT2D eigenvalue weighted by molar-refractivity contribution is 7.89. The average Bonchev–Trinajstić information content (AvgIpc) is 3.33. The molecule has 0 radical (unpaired) electrons. The van der Waals surface area contributed by atoms with Gasteiger partial charge in [-0.05, 0) is 48.9 Å². The molecular weight excluding hydrogens is 382 g/mol. The molecule has 6 nitrogen and oxygen atoms in total. The number of carbonyl (C=O) groups excluding carboxylic acids is 1. The quantitative estimate of drug-likeness (QED) is 0.730. The van der Waals surface area contributed by atoms with Gasteiger partial charge in [-0.25, -0.2) is 12.7 Å². The van der Waals surface area contributed by atoms with Gasteiger partial charge in [0, 0.05) is 37.2 Å².